The molecule has 0 unspecified atom stereocenters. The average Bonchev–Trinajstić information content (AvgIpc) is 2.27. The summed E-state index contributed by atoms with van der Waals surface area (Å²) in [6, 6.07) is 4.13. The van der Waals surface area contributed by atoms with Crippen LogP contribution in [0.1, 0.15) is 0 Å². The summed E-state index contributed by atoms with van der Waals surface area (Å²) < 4.78 is 4.91. The Balaban J connectivity index is 0.000000557. The Morgan fingerprint density at radius 2 is 1.94 bits per heavy atom. The highest BCUT2D eigenvalue weighted by Crippen LogP contribution is 2.27. The van der Waals surface area contributed by atoms with Crippen LogP contribution in [0.5, 0.6) is 5.75 Å². The van der Waals surface area contributed by atoms with Gasteiger partial charge in [0.1, 0.15) is 5.75 Å². The largest absolute Gasteiger partial charge is 0.495 e. The minimum atomic E-state index is -1.50. The zero-order valence-corrected chi connectivity index (χ0v) is 8.69. The maximum absolute atomic E-state index is 10.4. The second kappa shape index (κ2) is 6.79. The molecule has 0 spiro atoms. The van der Waals surface area contributed by atoms with E-state index in [9.17, 15) is 10.1 Å². The van der Waals surface area contributed by atoms with Crippen molar-refractivity contribution in [2.75, 3.05) is 12.5 Å². The van der Waals surface area contributed by atoms with Gasteiger partial charge < -0.3 is 15.4 Å². The summed E-state index contributed by atoms with van der Waals surface area (Å²) in [4.78, 5) is 18.2. The molecular weight excluding hydrogens is 236 g/mol. The second-order valence-corrected chi connectivity index (χ2v) is 2.52. The van der Waals surface area contributed by atoms with Crippen molar-refractivity contribution in [1.29, 1.82) is 0 Å². The van der Waals surface area contributed by atoms with Gasteiger partial charge in [-0.2, -0.15) is 0 Å². The first kappa shape index (κ1) is 14.4. The van der Waals surface area contributed by atoms with E-state index >= 15 is 0 Å². The fraction of sp³-hybridized carbons (Fsp3) is 0.143. The van der Waals surface area contributed by atoms with Gasteiger partial charge in [0, 0.05) is 12.1 Å². The Kier molecular flexibility index (Phi) is 5.74. The number of nitrogen functional groups attached to an aromatic ring is 1. The van der Waals surface area contributed by atoms with Gasteiger partial charge in [0.25, 0.3) is 10.8 Å². The molecule has 0 saturated carbocycles. The summed E-state index contributed by atoms with van der Waals surface area (Å²) in [7, 11) is 1.46. The molecule has 0 aromatic heterocycles. The molecule has 4 N–H and O–H groups in total. The van der Waals surface area contributed by atoms with Crippen molar-refractivity contribution in [2.45, 2.75) is 0 Å². The fourth-order valence-electron chi connectivity index (χ4n) is 0.922. The average molecular weight is 246 g/mol. The van der Waals surface area contributed by atoms with Crippen LogP contribution in [-0.4, -0.2) is 22.3 Å². The number of nitrogens with zero attached hydrogens (tertiary/aromatic N) is 2. The summed E-state index contributed by atoms with van der Waals surface area (Å²) in [6.45, 7) is 0. The molecule has 1 rings (SSSR count). The molecule has 0 radical (unpaired) electrons. The Hall–Kier alpha value is -2.62. The summed E-state index contributed by atoms with van der Waals surface area (Å²) in [6.07, 6.45) is 0. The molecule has 0 aliphatic rings. The van der Waals surface area contributed by atoms with Crippen molar-refractivity contribution in [3.8, 4) is 5.75 Å². The van der Waals surface area contributed by atoms with Crippen LogP contribution in [0.2, 0.25) is 0 Å². The number of ether oxygens (including phenoxy) is 1. The van der Waals surface area contributed by atoms with Crippen molar-refractivity contribution in [1.82, 2.24) is 0 Å². The van der Waals surface area contributed by atoms with E-state index in [2.05, 4.69) is 5.43 Å². The van der Waals surface area contributed by atoms with Gasteiger partial charge in [-0.05, 0) is 6.07 Å². The summed E-state index contributed by atoms with van der Waals surface area (Å²) in [5.41, 5.74) is 2.66. The van der Waals surface area contributed by atoms with Crippen LogP contribution in [0.4, 0.5) is 11.4 Å². The highest BCUT2D eigenvalue weighted by molar-refractivity contribution is 5.60. The zero-order valence-electron chi connectivity index (χ0n) is 8.69. The highest BCUT2D eigenvalue weighted by atomic mass is 16.9. The first-order valence-electron chi connectivity index (χ1n) is 4.04. The normalized spacial score (nSPS) is 8.59. The van der Waals surface area contributed by atoms with Gasteiger partial charge in [-0.3, -0.25) is 16.0 Å². The van der Waals surface area contributed by atoms with E-state index in [1.807, 2.05) is 0 Å². The number of nitrogens with one attached hydrogen (secondary N) is 1. The lowest BCUT2D eigenvalue weighted by Crippen LogP contribution is -2.08. The van der Waals surface area contributed by atoms with E-state index in [4.69, 9.17) is 25.9 Å². The Bertz CT molecular complexity index is 405. The molecule has 0 atom stereocenters. The number of nitrogens with two attached hydrogens (primary N) is 1. The number of non-ortho nitro benzene ring substituents is 1. The van der Waals surface area contributed by atoms with Gasteiger partial charge in [0.05, 0.1) is 17.7 Å². The number of nitro groups is 1. The van der Waals surface area contributed by atoms with Crippen LogP contribution in [0.25, 0.3) is 0 Å². The number of hydrazine groups is 1. The number of anilines is 1. The molecule has 0 bridgehead atoms. The molecule has 17 heavy (non-hydrogen) atoms. The molecular formula is C7H10N4O6. The number of methoxy groups -OCH3 is 1. The number of hydrogen-bond acceptors (Lipinski definition) is 7. The van der Waals surface area contributed by atoms with Crippen LogP contribution in [0, 0.1) is 20.2 Å². The molecule has 0 heterocycles. The minimum Gasteiger partial charge on any atom is -0.495 e. The predicted octanol–water partition coefficient (Wildman–Crippen LogP) is 0.541. The third-order valence-corrected chi connectivity index (χ3v) is 1.55. The highest BCUT2D eigenvalue weighted by Gasteiger charge is 2.09. The molecule has 10 heteroatoms. The van der Waals surface area contributed by atoms with E-state index in [1.165, 1.54) is 25.3 Å². The molecule has 94 valence electrons. The molecule has 0 aliphatic heterocycles. The lowest BCUT2D eigenvalue weighted by atomic mass is 10.2. The van der Waals surface area contributed by atoms with Gasteiger partial charge in [0.15, 0.2) is 0 Å². The van der Waals surface area contributed by atoms with Gasteiger partial charge in [-0.15, -0.1) is 10.1 Å². The molecule has 1 aromatic carbocycles. The molecule has 10 nitrogen and oxygen atoms in total. The standard InChI is InChI=1S/C7H9N3O3.HNO3/c1-13-7-3-2-5(10(11)12)4-6(7)9-8;2-1(3)4/h2-4,9H,8H2,1H3;(H,2,3,4). The monoisotopic (exact) mass is 246 g/mol. The van der Waals surface area contributed by atoms with Crippen LogP contribution in [0.15, 0.2) is 18.2 Å². The molecule has 1 aromatic rings. The maximum atomic E-state index is 10.4. The topological polar surface area (TPSA) is 154 Å². The fourth-order valence-corrected chi connectivity index (χ4v) is 0.922. The van der Waals surface area contributed by atoms with Gasteiger partial charge >= 0.3 is 0 Å². The number of benzene rings is 1. The van der Waals surface area contributed by atoms with E-state index in [0.29, 0.717) is 11.4 Å². The Morgan fingerprint density at radius 1 is 1.41 bits per heavy atom. The van der Waals surface area contributed by atoms with Gasteiger partial charge in [-0.25, -0.2) is 0 Å². The zero-order chi connectivity index (χ0) is 13.4. The van der Waals surface area contributed by atoms with E-state index in [1.54, 1.807) is 0 Å². The maximum Gasteiger partial charge on any atom is 0.291 e. The minimum absolute atomic E-state index is 0.0336. The molecule has 0 amide bonds. The SMILES string of the molecule is COc1ccc([N+](=O)[O-])cc1NN.O=[N+]([O-])O. The van der Waals surface area contributed by atoms with Gasteiger partial charge in [0.2, 0.25) is 0 Å². The number of nitro benzene ring substituents is 1. The Morgan fingerprint density at radius 3 is 2.29 bits per heavy atom. The van der Waals surface area contributed by atoms with Crippen molar-refractivity contribution < 1.29 is 20.0 Å². The van der Waals surface area contributed by atoms with E-state index < -0.39 is 10.0 Å². The van der Waals surface area contributed by atoms with Crippen LogP contribution < -0.4 is 16.0 Å². The first-order chi connectivity index (χ1) is 7.92. The third kappa shape index (κ3) is 5.13. The number of rotatable bonds is 3. The van der Waals surface area contributed by atoms with Gasteiger partial charge in [-0.1, -0.05) is 0 Å². The summed E-state index contributed by atoms with van der Waals surface area (Å²) >= 11 is 0. The van der Waals surface area contributed by atoms with Crippen molar-refractivity contribution >= 4 is 11.4 Å². The van der Waals surface area contributed by atoms with Crippen molar-refractivity contribution in [3.05, 3.63) is 38.4 Å². The van der Waals surface area contributed by atoms with Crippen LogP contribution >= 0.6 is 0 Å². The van der Waals surface area contributed by atoms with E-state index in [0.717, 1.165) is 0 Å². The molecule has 0 aliphatic carbocycles. The quantitative estimate of drug-likeness (QED) is 0.396. The number of hydrogen-bond donors (Lipinski definition) is 3. The second-order valence-electron chi connectivity index (χ2n) is 2.52. The third-order valence-electron chi connectivity index (χ3n) is 1.55. The van der Waals surface area contributed by atoms with Crippen molar-refractivity contribution in [2.24, 2.45) is 5.84 Å². The Labute approximate surface area is 94.8 Å². The van der Waals surface area contributed by atoms with Crippen LogP contribution in [0.3, 0.4) is 0 Å². The molecule has 0 saturated heterocycles. The first-order valence-corrected chi connectivity index (χ1v) is 4.04. The summed E-state index contributed by atoms with van der Waals surface area (Å²) in [5, 5.41) is 24.0. The van der Waals surface area contributed by atoms with Crippen molar-refractivity contribution in [3.63, 3.8) is 0 Å². The predicted molar refractivity (Wildman–Crippen MR) is 56.2 cm³/mol. The van der Waals surface area contributed by atoms with E-state index in [-0.39, 0.29) is 5.69 Å². The smallest absolute Gasteiger partial charge is 0.291 e. The lowest BCUT2D eigenvalue weighted by Gasteiger charge is -2.06. The summed E-state index contributed by atoms with van der Waals surface area (Å²) in [5.74, 6) is 5.61. The lowest BCUT2D eigenvalue weighted by molar-refractivity contribution is -0.742. The van der Waals surface area contributed by atoms with Crippen LogP contribution in [-0.2, 0) is 0 Å². The molecule has 0 fully saturated rings.